The van der Waals surface area contributed by atoms with Crippen LogP contribution < -0.4 is 10.2 Å². The fourth-order valence-electron chi connectivity index (χ4n) is 0.915. The Hall–Kier alpha value is -1.03. The van der Waals surface area contributed by atoms with E-state index in [0.29, 0.717) is 11.0 Å². The van der Waals surface area contributed by atoms with Gasteiger partial charge in [-0.3, -0.25) is 0 Å². The van der Waals surface area contributed by atoms with Gasteiger partial charge in [0.15, 0.2) is 5.82 Å². The topological polar surface area (TPSA) is 41.1 Å². The summed E-state index contributed by atoms with van der Waals surface area (Å²) < 4.78 is 0. The highest BCUT2D eigenvalue weighted by molar-refractivity contribution is 6.32. The van der Waals surface area contributed by atoms with Gasteiger partial charge in [0, 0.05) is 20.6 Å². The van der Waals surface area contributed by atoms with Gasteiger partial charge in [0.25, 0.3) is 0 Å². The molecule has 0 unspecified atom stereocenters. The second-order valence-corrected chi connectivity index (χ2v) is 3.20. The molecular weight excluding hydrogens is 188 g/mol. The van der Waals surface area contributed by atoms with E-state index < -0.39 is 0 Å². The summed E-state index contributed by atoms with van der Waals surface area (Å²) in [7, 11) is 3.79. The standard InChI is InChI=1S/C8H13ClN4/c1-4-10-8-11-5-6(9)7(12-8)13(2)3/h5H,4H2,1-3H3,(H,10,11,12). The molecule has 1 heterocycles. The number of hydrogen-bond acceptors (Lipinski definition) is 4. The molecule has 0 atom stereocenters. The summed E-state index contributed by atoms with van der Waals surface area (Å²) in [6.45, 7) is 2.79. The van der Waals surface area contributed by atoms with Crippen LogP contribution in [-0.4, -0.2) is 30.6 Å². The lowest BCUT2D eigenvalue weighted by Crippen LogP contribution is -2.13. The average Bonchev–Trinajstić information content (AvgIpc) is 2.08. The van der Waals surface area contributed by atoms with Gasteiger partial charge in [0.2, 0.25) is 5.95 Å². The zero-order chi connectivity index (χ0) is 9.84. The molecule has 0 aliphatic heterocycles. The van der Waals surface area contributed by atoms with Crippen LogP contribution in [0.25, 0.3) is 0 Å². The van der Waals surface area contributed by atoms with Gasteiger partial charge >= 0.3 is 0 Å². The lowest BCUT2D eigenvalue weighted by molar-refractivity contribution is 1.02. The average molecular weight is 201 g/mol. The van der Waals surface area contributed by atoms with E-state index >= 15 is 0 Å². The minimum absolute atomic E-state index is 0.562. The predicted octanol–water partition coefficient (Wildman–Crippen LogP) is 1.63. The molecule has 1 N–H and O–H groups in total. The van der Waals surface area contributed by atoms with Gasteiger partial charge in [0.1, 0.15) is 5.02 Å². The minimum atomic E-state index is 0.562. The van der Waals surface area contributed by atoms with E-state index in [4.69, 9.17) is 11.6 Å². The quantitative estimate of drug-likeness (QED) is 0.806. The lowest BCUT2D eigenvalue weighted by Gasteiger charge is -2.13. The molecule has 5 heteroatoms. The maximum absolute atomic E-state index is 5.90. The van der Waals surface area contributed by atoms with Crippen molar-refractivity contribution in [3.8, 4) is 0 Å². The van der Waals surface area contributed by atoms with Gasteiger partial charge in [-0.05, 0) is 6.92 Å². The van der Waals surface area contributed by atoms with Gasteiger partial charge in [0.05, 0.1) is 6.20 Å². The van der Waals surface area contributed by atoms with Crippen molar-refractivity contribution in [3.63, 3.8) is 0 Å². The first-order chi connectivity index (χ1) is 6.15. The number of hydrogen-bond donors (Lipinski definition) is 1. The number of halogens is 1. The van der Waals surface area contributed by atoms with E-state index in [1.54, 1.807) is 6.20 Å². The van der Waals surface area contributed by atoms with Crippen LogP contribution in [-0.2, 0) is 0 Å². The molecule has 72 valence electrons. The maximum atomic E-state index is 5.90. The highest BCUT2D eigenvalue weighted by Gasteiger charge is 2.05. The highest BCUT2D eigenvalue weighted by atomic mass is 35.5. The van der Waals surface area contributed by atoms with Crippen LogP contribution in [0.2, 0.25) is 5.02 Å². The molecule has 13 heavy (non-hydrogen) atoms. The van der Waals surface area contributed by atoms with E-state index in [2.05, 4.69) is 15.3 Å². The van der Waals surface area contributed by atoms with Crippen molar-refractivity contribution in [2.24, 2.45) is 0 Å². The zero-order valence-corrected chi connectivity index (χ0v) is 8.76. The van der Waals surface area contributed by atoms with Gasteiger partial charge in [-0.2, -0.15) is 4.98 Å². The number of nitrogens with zero attached hydrogens (tertiary/aromatic N) is 3. The number of aromatic nitrogens is 2. The van der Waals surface area contributed by atoms with Crippen molar-refractivity contribution in [1.82, 2.24) is 9.97 Å². The largest absolute Gasteiger partial charge is 0.361 e. The van der Waals surface area contributed by atoms with Crippen LogP contribution in [0.1, 0.15) is 6.92 Å². The molecule has 0 fully saturated rings. The summed E-state index contributed by atoms with van der Waals surface area (Å²) in [6, 6.07) is 0. The Balaban J connectivity index is 2.97. The number of nitrogens with one attached hydrogen (secondary N) is 1. The van der Waals surface area contributed by atoms with Crippen molar-refractivity contribution in [2.75, 3.05) is 30.9 Å². The van der Waals surface area contributed by atoms with Crippen LogP contribution in [0.5, 0.6) is 0 Å². The smallest absolute Gasteiger partial charge is 0.224 e. The SMILES string of the molecule is CCNc1ncc(Cl)c(N(C)C)n1. The van der Waals surface area contributed by atoms with Crippen LogP contribution in [0.4, 0.5) is 11.8 Å². The van der Waals surface area contributed by atoms with Crippen molar-refractivity contribution >= 4 is 23.4 Å². The molecule has 0 aliphatic rings. The van der Waals surface area contributed by atoms with Gasteiger partial charge < -0.3 is 10.2 Å². The zero-order valence-electron chi connectivity index (χ0n) is 8.00. The van der Waals surface area contributed by atoms with Crippen molar-refractivity contribution < 1.29 is 0 Å². The molecule has 4 nitrogen and oxygen atoms in total. The first-order valence-corrected chi connectivity index (χ1v) is 4.46. The summed E-state index contributed by atoms with van der Waals surface area (Å²) in [6.07, 6.45) is 1.60. The third kappa shape index (κ3) is 2.45. The lowest BCUT2D eigenvalue weighted by atomic mass is 10.5. The van der Waals surface area contributed by atoms with E-state index in [1.807, 2.05) is 25.9 Å². The third-order valence-electron chi connectivity index (χ3n) is 1.48. The Labute approximate surface area is 82.9 Å². The molecule has 1 rings (SSSR count). The van der Waals surface area contributed by atoms with Crippen molar-refractivity contribution in [2.45, 2.75) is 6.92 Å². The third-order valence-corrected chi connectivity index (χ3v) is 1.75. The monoisotopic (exact) mass is 200 g/mol. The van der Waals surface area contributed by atoms with E-state index in [-0.39, 0.29) is 0 Å². The second-order valence-electron chi connectivity index (χ2n) is 2.79. The first-order valence-electron chi connectivity index (χ1n) is 4.09. The molecule has 0 aromatic carbocycles. The molecule has 0 aliphatic carbocycles. The number of rotatable bonds is 3. The molecular formula is C8H13ClN4. The van der Waals surface area contributed by atoms with Gasteiger partial charge in [-0.1, -0.05) is 11.6 Å². The normalized spacial score (nSPS) is 9.85. The molecule has 0 saturated carbocycles. The van der Waals surface area contributed by atoms with Gasteiger partial charge in [-0.15, -0.1) is 0 Å². The van der Waals surface area contributed by atoms with E-state index in [9.17, 15) is 0 Å². The molecule has 0 radical (unpaired) electrons. The fourth-order valence-corrected chi connectivity index (χ4v) is 1.18. The van der Waals surface area contributed by atoms with Crippen LogP contribution in [0, 0.1) is 0 Å². The molecule has 1 aromatic rings. The Bertz CT molecular complexity index is 287. The predicted molar refractivity (Wildman–Crippen MR) is 55.5 cm³/mol. The molecule has 0 amide bonds. The Kier molecular flexibility index (Phi) is 3.31. The fraction of sp³-hybridized carbons (Fsp3) is 0.500. The summed E-state index contributed by atoms with van der Waals surface area (Å²) in [5.74, 6) is 1.34. The first kappa shape index (κ1) is 10.1. The Morgan fingerprint density at radius 2 is 2.23 bits per heavy atom. The van der Waals surface area contributed by atoms with Crippen LogP contribution >= 0.6 is 11.6 Å². The van der Waals surface area contributed by atoms with Crippen LogP contribution in [0.3, 0.4) is 0 Å². The second kappa shape index (κ2) is 4.28. The van der Waals surface area contributed by atoms with Crippen LogP contribution in [0.15, 0.2) is 6.20 Å². The summed E-state index contributed by atoms with van der Waals surface area (Å²) >= 11 is 5.90. The molecule has 0 saturated heterocycles. The summed E-state index contributed by atoms with van der Waals surface area (Å²) in [4.78, 5) is 10.1. The summed E-state index contributed by atoms with van der Waals surface area (Å²) in [5, 5.41) is 3.58. The maximum Gasteiger partial charge on any atom is 0.224 e. The molecule has 0 spiro atoms. The Morgan fingerprint density at radius 1 is 1.54 bits per heavy atom. The Morgan fingerprint density at radius 3 is 2.77 bits per heavy atom. The van der Waals surface area contributed by atoms with E-state index in [0.717, 1.165) is 12.4 Å². The molecule has 0 bridgehead atoms. The highest BCUT2D eigenvalue weighted by Crippen LogP contribution is 2.21. The van der Waals surface area contributed by atoms with E-state index in [1.165, 1.54) is 0 Å². The minimum Gasteiger partial charge on any atom is -0.361 e. The molecule has 1 aromatic heterocycles. The summed E-state index contributed by atoms with van der Waals surface area (Å²) in [5.41, 5.74) is 0. The van der Waals surface area contributed by atoms with Gasteiger partial charge in [-0.25, -0.2) is 4.98 Å². The number of anilines is 2. The van der Waals surface area contributed by atoms with Crippen molar-refractivity contribution in [3.05, 3.63) is 11.2 Å². The van der Waals surface area contributed by atoms with Crippen molar-refractivity contribution in [1.29, 1.82) is 0 Å².